The zero-order valence-corrected chi connectivity index (χ0v) is 13.9. The van der Waals surface area contributed by atoms with E-state index in [1.54, 1.807) is 12.4 Å². The van der Waals surface area contributed by atoms with Crippen LogP contribution in [-0.2, 0) is 11.3 Å². The molecule has 128 valence electrons. The fraction of sp³-hybridized carbons (Fsp3) is 0.389. The highest BCUT2D eigenvalue weighted by Gasteiger charge is 2.16. The molecular weight excluding hydrogens is 304 g/mol. The van der Waals surface area contributed by atoms with Gasteiger partial charge in [-0.15, -0.1) is 0 Å². The number of carboxylic acids is 1. The number of unbranched alkanes of at least 4 members (excludes halogenated alkanes) is 1. The topological polar surface area (TPSA) is 101 Å². The zero-order valence-electron chi connectivity index (χ0n) is 13.9. The van der Waals surface area contributed by atoms with Crippen LogP contribution in [0.25, 0.3) is 11.4 Å². The smallest absolute Gasteiger partial charge is 0.320 e. The minimum absolute atomic E-state index is 0.424. The van der Waals surface area contributed by atoms with Gasteiger partial charge in [-0.25, -0.2) is 9.97 Å². The van der Waals surface area contributed by atoms with Gasteiger partial charge in [-0.3, -0.25) is 4.79 Å². The highest BCUT2D eigenvalue weighted by Crippen LogP contribution is 2.15. The first-order valence-electron chi connectivity index (χ1n) is 8.14. The number of aryl methyl sites for hydroxylation is 1. The van der Waals surface area contributed by atoms with Crippen LogP contribution in [0.4, 0.5) is 0 Å². The fourth-order valence-corrected chi connectivity index (χ4v) is 2.43. The van der Waals surface area contributed by atoms with Crippen molar-refractivity contribution in [3.05, 3.63) is 47.8 Å². The summed E-state index contributed by atoms with van der Waals surface area (Å²) in [6.45, 7) is 3.03. The maximum atomic E-state index is 11.3. The first-order valence-corrected chi connectivity index (χ1v) is 8.14. The van der Waals surface area contributed by atoms with Gasteiger partial charge in [0.25, 0.3) is 0 Å². The van der Waals surface area contributed by atoms with Crippen molar-refractivity contribution in [2.45, 2.75) is 38.8 Å². The summed E-state index contributed by atoms with van der Waals surface area (Å²) >= 11 is 0. The van der Waals surface area contributed by atoms with Crippen LogP contribution in [0.5, 0.6) is 0 Å². The Morgan fingerprint density at radius 3 is 2.67 bits per heavy atom. The molecule has 2 aromatic rings. The van der Waals surface area contributed by atoms with Gasteiger partial charge in [0, 0.05) is 30.1 Å². The molecule has 0 aliphatic heterocycles. The van der Waals surface area contributed by atoms with Gasteiger partial charge in [-0.2, -0.15) is 0 Å². The average Bonchev–Trinajstić information content (AvgIpc) is 2.58. The maximum Gasteiger partial charge on any atom is 0.320 e. The molecule has 0 bridgehead atoms. The molecule has 0 unspecified atom stereocenters. The fourth-order valence-electron chi connectivity index (χ4n) is 2.43. The molecule has 1 heterocycles. The van der Waals surface area contributed by atoms with Crippen molar-refractivity contribution in [1.29, 1.82) is 0 Å². The number of carboxylic acid groups (broad SMARTS) is 1. The van der Waals surface area contributed by atoms with Gasteiger partial charge in [0.2, 0.25) is 0 Å². The van der Waals surface area contributed by atoms with Crippen molar-refractivity contribution in [2.24, 2.45) is 5.73 Å². The van der Waals surface area contributed by atoms with Crippen LogP contribution < -0.4 is 11.1 Å². The molecule has 0 amide bonds. The highest BCUT2D eigenvalue weighted by atomic mass is 16.4. The molecule has 2 rings (SSSR count). The quantitative estimate of drug-likeness (QED) is 0.610. The van der Waals surface area contributed by atoms with Gasteiger partial charge in [0.05, 0.1) is 0 Å². The molecule has 0 radical (unpaired) electrons. The number of benzene rings is 1. The lowest BCUT2D eigenvalue weighted by Gasteiger charge is -2.14. The van der Waals surface area contributed by atoms with Gasteiger partial charge in [0.1, 0.15) is 6.04 Å². The predicted molar refractivity (Wildman–Crippen MR) is 93.4 cm³/mol. The molecule has 6 heteroatoms. The van der Waals surface area contributed by atoms with Gasteiger partial charge in [0.15, 0.2) is 5.82 Å². The van der Waals surface area contributed by atoms with Crippen LogP contribution in [0.3, 0.4) is 0 Å². The van der Waals surface area contributed by atoms with E-state index in [0.717, 1.165) is 29.5 Å². The second-order valence-electron chi connectivity index (χ2n) is 5.84. The molecular formula is C18H24N4O2. The summed E-state index contributed by atoms with van der Waals surface area (Å²) in [6.07, 6.45) is 5.66. The molecule has 4 N–H and O–H groups in total. The number of aliphatic carboxylic acids is 1. The Balaban J connectivity index is 1.94. The lowest BCUT2D eigenvalue weighted by Crippen LogP contribution is -2.36. The Morgan fingerprint density at radius 1 is 1.29 bits per heavy atom. The molecule has 1 atom stereocenters. The van der Waals surface area contributed by atoms with Crippen molar-refractivity contribution in [2.75, 3.05) is 6.54 Å². The van der Waals surface area contributed by atoms with E-state index in [2.05, 4.69) is 15.3 Å². The van der Waals surface area contributed by atoms with Crippen LogP contribution in [0.2, 0.25) is 0 Å². The summed E-state index contributed by atoms with van der Waals surface area (Å²) in [5.74, 6) is -0.176. The number of rotatable bonds is 9. The lowest BCUT2D eigenvalue weighted by atomic mass is 10.1. The van der Waals surface area contributed by atoms with Crippen molar-refractivity contribution in [1.82, 2.24) is 15.3 Å². The number of hydrogen-bond acceptors (Lipinski definition) is 5. The Bertz CT molecular complexity index is 658. The van der Waals surface area contributed by atoms with E-state index in [1.165, 1.54) is 0 Å². The van der Waals surface area contributed by atoms with Crippen LogP contribution in [-0.4, -0.2) is 33.6 Å². The number of nitrogens with one attached hydrogen (secondary N) is 1. The van der Waals surface area contributed by atoms with Crippen molar-refractivity contribution in [3.63, 3.8) is 0 Å². The largest absolute Gasteiger partial charge is 0.480 e. The van der Waals surface area contributed by atoms with Crippen molar-refractivity contribution in [3.8, 4) is 11.4 Å². The average molecular weight is 328 g/mol. The molecule has 0 saturated carbocycles. The Labute approximate surface area is 142 Å². The summed E-state index contributed by atoms with van der Waals surface area (Å²) in [5, 5.41) is 12.3. The molecule has 0 fully saturated rings. The van der Waals surface area contributed by atoms with Gasteiger partial charge >= 0.3 is 5.97 Å². The second kappa shape index (κ2) is 9.10. The van der Waals surface area contributed by atoms with Crippen LogP contribution in [0.15, 0.2) is 36.7 Å². The normalized spacial score (nSPS) is 12.1. The van der Waals surface area contributed by atoms with E-state index in [-0.39, 0.29) is 0 Å². The van der Waals surface area contributed by atoms with E-state index in [0.29, 0.717) is 25.3 Å². The summed E-state index contributed by atoms with van der Waals surface area (Å²) in [5.41, 5.74) is 8.43. The number of nitrogens with zero attached hydrogens (tertiary/aromatic N) is 2. The van der Waals surface area contributed by atoms with E-state index < -0.39 is 12.0 Å². The molecule has 24 heavy (non-hydrogen) atoms. The lowest BCUT2D eigenvalue weighted by molar-refractivity contribution is -0.139. The number of aromatic nitrogens is 2. The van der Waals surface area contributed by atoms with Gasteiger partial charge in [-0.1, -0.05) is 30.2 Å². The second-order valence-corrected chi connectivity index (χ2v) is 5.84. The van der Waals surface area contributed by atoms with Crippen molar-refractivity contribution >= 4 is 5.97 Å². The number of hydrogen-bond donors (Lipinski definition) is 3. The van der Waals surface area contributed by atoms with E-state index in [9.17, 15) is 9.90 Å². The Hall–Kier alpha value is -2.31. The maximum absolute atomic E-state index is 11.3. The molecule has 6 nitrogen and oxygen atoms in total. The number of carbonyl (C=O) groups is 1. The molecule has 0 saturated heterocycles. The highest BCUT2D eigenvalue weighted by molar-refractivity contribution is 5.73. The molecule has 0 aliphatic carbocycles. The van der Waals surface area contributed by atoms with Gasteiger partial charge < -0.3 is 16.2 Å². The third-order valence-electron chi connectivity index (χ3n) is 3.78. The third-order valence-corrected chi connectivity index (χ3v) is 3.78. The van der Waals surface area contributed by atoms with E-state index in [1.807, 2.05) is 31.2 Å². The molecule has 0 spiro atoms. The minimum Gasteiger partial charge on any atom is -0.480 e. The minimum atomic E-state index is -0.843. The van der Waals surface area contributed by atoms with E-state index >= 15 is 0 Å². The predicted octanol–water partition coefficient (Wildman–Crippen LogP) is 2.12. The monoisotopic (exact) mass is 328 g/mol. The van der Waals surface area contributed by atoms with Crippen LogP contribution in [0, 0.1) is 6.92 Å². The summed E-state index contributed by atoms with van der Waals surface area (Å²) in [7, 11) is 0. The first kappa shape index (κ1) is 18.0. The summed E-state index contributed by atoms with van der Waals surface area (Å²) in [4.78, 5) is 20.0. The Kier molecular flexibility index (Phi) is 6.84. The Morgan fingerprint density at radius 2 is 2.04 bits per heavy atom. The SMILES string of the molecule is Cc1cccc(-c2ncc(CN[C@@H](CCCCN)C(=O)O)cn2)c1. The summed E-state index contributed by atoms with van der Waals surface area (Å²) < 4.78 is 0. The standard InChI is InChI=1S/C18H24N4O2/c1-13-5-4-6-15(9-13)17-21-11-14(12-22-17)10-20-16(18(23)24)7-2-3-8-19/h4-6,9,11-12,16,20H,2-3,7-8,10,19H2,1H3,(H,23,24)/t16-/m0/s1. The molecule has 1 aromatic heterocycles. The zero-order chi connectivity index (χ0) is 17.4. The van der Waals surface area contributed by atoms with Crippen molar-refractivity contribution < 1.29 is 9.90 Å². The molecule has 0 aliphatic rings. The number of nitrogens with two attached hydrogens (primary N) is 1. The third kappa shape index (κ3) is 5.40. The van der Waals surface area contributed by atoms with Gasteiger partial charge in [-0.05, 0) is 32.4 Å². The molecule has 1 aromatic carbocycles. The first-order chi connectivity index (χ1) is 11.6. The van der Waals surface area contributed by atoms with Crippen LogP contribution >= 0.6 is 0 Å². The van der Waals surface area contributed by atoms with E-state index in [4.69, 9.17) is 5.73 Å². The van der Waals surface area contributed by atoms with Crippen LogP contribution in [0.1, 0.15) is 30.4 Å². The summed E-state index contributed by atoms with van der Waals surface area (Å²) in [6, 6.07) is 7.43.